The third kappa shape index (κ3) is 21.6. The monoisotopic (exact) mass is 1800 g/mol. The van der Waals surface area contributed by atoms with Crippen molar-refractivity contribution in [2.24, 2.45) is 0 Å². The van der Waals surface area contributed by atoms with Crippen LogP contribution >= 0.6 is 0 Å². The van der Waals surface area contributed by atoms with Gasteiger partial charge in [-0.1, -0.05) is 97.1 Å². The Hall–Kier alpha value is -7.28. The maximum Gasteiger partial charge on any atom is 2.00 e. The fraction of sp³-hybridized carbons (Fsp3) is 0.250. The van der Waals surface area contributed by atoms with Gasteiger partial charge in [0.05, 0.1) is 89.0 Å². The van der Waals surface area contributed by atoms with Crippen molar-refractivity contribution in [3.8, 4) is 0 Å². The molecule has 0 saturated heterocycles. The molecule has 8 aromatic rings. The Labute approximate surface area is 640 Å². The minimum absolute atomic E-state index is 0. The van der Waals surface area contributed by atoms with Gasteiger partial charge in [-0.3, -0.25) is 0 Å². The summed E-state index contributed by atoms with van der Waals surface area (Å²) in [5.41, 5.74) is -42.1. The predicted molar refractivity (Wildman–Crippen MR) is 306 cm³/mol. The van der Waals surface area contributed by atoms with Crippen molar-refractivity contribution in [2.75, 3.05) is 0 Å². The fourth-order valence-electron chi connectivity index (χ4n) is 12.1. The fourth-order valence-corrected chi connectivity index (χ4v) is 23.6. The molecule has 51 heteroatoms. The first kappa shape index (κ1) is 96.6. The summed E-state index contributed by atoms with van der Waals surface area (Å²) in [7, 11) is 0. The molecule has 115 heavy (non-hydrogen) atoms. The van der Waals surface area contributed by atoms with Crippen molar-refractivity contribution in [2.45, 2.75) is 98.8 Å². The van der Waals surface area contributed by atoms with Gasteiger partial charge in [0.15, 0.2) is 0 Å². The molecule has 624 valence electrons. The van der Waals surface area contributed by atoms with Gasteiger partial charge in [0.2, 0.25) is 0 Å². The molecule has 0 atom stereocenters. The van der Waals surface area contributed by atoms with Gasteiger partial charge >= 0.3 is 137 Å². The minimum Gasteiger partial charge on any atom is -0.217 e. The molecule has 0 nitrogen and oxygen atoms in total. The third-order valence-electron chi connectivity index (χ3n) is 16.9. The van der Waals surface area contributed by atoms with Crippen LogP contribution in [0.2, 0.25) is 0 Å². The van der Waals surface area contributed by atoms with E-state index in [4.69, 9.17) is 0 Å². The molecule has 0 amide bonds. The largest absolute Gasteiger partial charge is 2.00 e. The number of alkyl halides is 48. The van der Waals surface area contributed by atoms with Gasteiger partial charge in [0, 0.05) is 0 Å². The van der Waals surface area contributed by atoms with Crippen LogP contribution in [0.4, 0.5) is 211 Å². The number of halogens is 48. The summed E-state index contributed by atoms with van der Waals surface area (Å²) >= 11 is -15.4. The molecule has 0 saturated carbocycles. The maximum atomic E-state index is 14.2. The summed E-state index contributed by atoms with van der Waals surface area (Å²) in [5, 5.41) is 0. The van der Waals surface area contributed by atoms with Gasteiger partial charge in [-0.15, -0.1) is 0 Å². The molecular formula is C64H24Al2CaF48. The molecule has 0 bridgehead atoms. The second-order valence-corrected chi connectivity index (χ2v) is 33.2. The first-order chi connectivity index (χ1) is 50.5. The zero-order chi connectivity index (χ0) is 87.8. The smallest absolute Gasteiger partial charge is 0.217 e. The van der Waals surface area contributed by atoms with E-state index in [0.717, 1.165) is 0 Å². The van der Waals surface area contributed by atoms with Gasteiger partial charge in [0.25, 0.3) is 26.2 Å². The molecule has 0 aromatic heterocycles. The van der Waals surface area contributed by atoms with Gasteiger partial charge in [-0.25, -0.2) is 35.4 Å². The molecule has 0 aliphatic carbocycles. The summed E-state index contributed by atoms with van der Waals surface area (Å²) in [4.78, 5) is 0. The number of hydrogen-bond acceptors (Lipinski definition) is 0. The van der Waals surface area contributed by atoms with E-state index in [0.29, 0.717) is 0 Å². The quantitative estimate of drug-likeness (QED) is 0.105. The summed E-state index contributed by atoms with van der Waals surface area (Å²) < 4.78 is 665. The topological polar surface area (TPSA) is 0 Å². The zero-order valence-electron chi connectivity index (χ0n) is 53.9. The molecule has 8 rings (SSSR count). The SMILES string of the molecule is FC(F)(F)c1cc(C(F)(F)F)c[c]([Al-]([c]2cc(C(F)(F)F)cc(C(F)(F)F)c2)([c]2cc(C(F)(F)F)cc(C(F)(F)F)c2)[c]2cc(C(F)(F)F)cc(C(F)(F)F)c2)c1.FC(F)(F)c1cc(C(F)(F)F)c[c]([Al-]([c]2cc(C(F)(F)F)cc(C(F)(F)F)c2)([c]2cc(C(F)(F)F)cc(C(F)(F)F)c2)[c]2cc(C(F)(F)F)cc(C(F)(F)F)c2)c1.[Ca+2]. The van der Waals surface area contributed by atoms with Crippen LogP contribution in [0.15, 0.2) is 146 Å². The van der Waals surface area contributed by atoms with Crippen LogP contribution in [0.3, 0.4) is 0 Å². The first-order valence-corrected chi connectivity index (χ1v) is 33.9. The van der Waals surface area contributed by atoms with Crippen LogP contribution in [0, 0.1) is 0 Å². The Morgan fingerprint density at radius 1 is 0.104 bits per heavy atom. The van der Waals surface area contributed by atoms with E-state index in [-0.39, 0.29) is 37.7 Å². The minimum atomic E-state index is -7.69. The number of hydrogen-bond donors (Lipinski definition) is 0. The average molecular weight is 1800 g/mol. The Balaban J connectivity index is 0.000000355. The van der Waals surface area contributed by atoms with E-state index in [1.54, 1.807) is 0 Å². The summed E-state index contributed by atoms with van der Waals surface area (Å²) in [6.45, 7) is 0. The van der Waals surface area contributed by atoms with Crippen molar-refractivity contribution in [1.82, 2.24) is 0 Å². The second-order valence-electron chi connectivity index (χ2n) is 24.4. The molecule has 0 aliphatic heterocycles. The predicted octanol–water partition coefficient (Wildman–Crippen LogP) is 22.0. The van der Waals surface area contributed by atoms with Crippen LogP contribution in [-0.2, 0) is 98.8 Å². The molecule has 0 spiro atoms. The number of rotatable bonds is 8. The summed E-state index contributed by atoms with van der Waals surface area (Å²) in [6.07, 6.45) is -97.8. The van der Waals surface area contributed by atoms with E-state index in [2.05, 4.69) is 0 Å². The van der Waals surface area contributed by atoms with Gasteiger partial charge < -0.3 is 0 Å². The van der Waals surface area contributed by atoms with Crippen LogP contribution in [0.5, 0.6) is 0 Å². The van der Waals surface area contributed by atoms with Crippen molar-refractivity contribution < 1.29 is 211 Å². The van der Waals surface area contributed by atoms with E-state index < -0.39 is 395 Å². The Kier molecular flexibility index (Phi) is 25.9. The van der Waals surface area contributed by atoms with Crippen molar-refractivity contribution >= 4 is 99.3 Å². The standard InChI is InChI=1S/8C8H3F6.2Al.Ca/c8*9-7(10,11)5-2-1-3-6(4-5)8(12,13)14;;;/h8*2-4H;;;/q;;;;;;;;2*-1;+2. The van der Waals surface area contributed by atoms with E-state index >= 15 is 0 Å². The summed E-state index contributed by atoms with van der Waals surface area (Å²) in [5.74, 6) is 0. The van der Waals surface area contributed by atoms with Crippen LogP contribution < -0.4 is 35.4 Å². The van der Waals surface area contributed by atoms with Crippen molar-refractivity contribution in [3.05, 3.63) is 235 Å². The van der Waals surface area contributed by atoms with Crippen LogP contribution in [0.1, 0.15) is 89.0 Å². The normalized spacial score (nSPS) is 14.2. The van der Waals surface area contributed by atoms with E-state index in [1.165, 1.54) is 0 Å². The summed E-state index contributed by atoms with van der Waals surface area (Å²) in [6, 6.07) is -16.7. The molecule has 0 aliphatic rings. The number of benzene rings is 8. The average Bonchev–Trinajstić information content (AvgIpc) is 0.711. The molecule has 0 fully saturated rings. The Morgan fingerprint density at radius 3 is 0.200 bits per heavy atom. The van der Waals surface area contributed by atoms with Crippen molar-refractivity contribution in [3.63, 3.8) is 0 Å². The molecule has 0 unspecified atom stereocenters. The second kappa shape index (κ2) is 30.8. The molecule has 0 N–H and O–H groups in total. The van der Waals surface area contributed by atoms with Gasteiger partial charge in [0.1, 0.15) is 0 Å². The van der Waals surface area contributed by atoms with Crippen LogP contribution in [0.25, 0.3) is 0 Å². The van der Waals surface area contributed by atoms with Gasteiger partial charge in [-0.2, -0.15) is 211 Å². The van der Waals surface area contributed by atoms with Crippen LogP contribution in [-0.4, -0.2) is 63.9 Å². The molecule has 0 heterocycles. The van der Waals surface area contributed by atoms with Crippen molar-refractivity contribution in [1.29, 1.82) is 0 Å². The first-order valence-electron chi connectivity index (χ1n) is 29.2. The zero-order valence-corrected chi connectivity index (χ0v) is 58.4. The Bertz CT molecular complexity index is 3710. The molecule has 0 radical (unpaired) electrons. The van der Waals surface area contributed by atoms with E-state index in [9.17, 15) is 211 Å². The Morgan fingerprint density at radius 2 is 0.157 bits per heavy atom. The van der Waals surface area contributed by atoms with Gasteiger partial charge in [-0.05, 0) is 48.5 Å². The molecule has 8 aromatic carbocycles. The molecular weight excluding hydrogens is 1770 g/mol. The third-order valence-corrected chi connectivity index (χ3v) is 27.5. The van der Waals surface area contributed by atoms with E-state index in [1.807, 2.05) is 0 Å². The maximum absolute atomic E-state index is 14.2.